The van der Waals surface area contributed by atoms with Crippen LogP contribution in [-0.2, 0) is 19.1 Å². The highest BCUT2D eigenvalue weighted by Gasteiger charge is 2.67. The summed E-state index contributed by atoms with van der Waals surface area (Å²) in [4.78, 5) is 39.8. The van der Waals surface area contributed by atoms with Crippen molar-refractivity contribution in [3.8, 4) is 0 Å². The van der Waals surface area contributed by atoms with Crippen LogP contribution in [0.2, 0.25) is 0 Å². The molecule has 1 N–H and O–H groups in total. The standard InChI is InChI=1S/C17H22N2O6/c1-2-24-16(23)18-7-4-10(5-8-18)19-9-17-6-3-11(25-17)12(15(21)22)13(17)14(19)20/h3,6,10-13H,2,4-5,7-9H2,1H3,(H,21,22)/t11-,12-,13+,17-/m1/s1. The number of fused-ring (bicyclic) bond motifs is 1. The van der Waals surface area contributed by atoms with Gasteiger partial charge in [-0.05, 0) is 19.8 Å². The molecule has 0 aromatic heterocycles. The van der Waals surface area contributed by atoms with Crippen molar-refractivity contribution >= 4 is 18.0 Å². The minimum absolute atomic E-state index is 0.00338. The molecule has 4 atom stereocenters. The van der Waals surface area contributed by atoms with Gasteiger partial charge >= 0.3 is 12.1 Å². The van der Waals surface area contributed by atoms with Crippen LogP contribution >= 0.6 is 0 Å². The van der Waals surface area contributed by atoms with Crippen LogP contribution in [0.5, 0.6) is 0 Å². The summed E-state index contributed by atoms with van der Waals surface area (Å²) in [5.41, 5.74) is -0.789. The zero-order valence-electron chi connectivity index (χ0n) is 14.1. The lowest BCUT2D eigenvalue weighted by Crippen LogP contribution is -2.48. The van der Waals surface area contributed by atoms with Crippen LogP contribution in [0.3, 0.4) is 0 Å². The number of rotatable bonds is 3. The van der Waals surface area contributed by atoms with Gasteiger partial charge in [0.1, 0.15) is 11.5 Å². The maximum atomic E-state index is 12.9. The van der Waals surface area contributed by atoms with Crippen molar-refractivity contribution in [2.45, 2.75) is 37.5 Å². The molecule has 2 bridgehead atoms. The zero-order chi connectivity index (χ0) is 17.8. The van der Waals surface area contributed by atoms with E-state index in [2.05, 4.69) is 0 Å². The van der Waals surface area contributed by atoms with E-state index in [-0.39, 0.29) is 18.0 Å². The highest BCUT2D eigenvalue weighted by Crippen LogP contribution is 2.52. The van der Waals surface area contributed by atoms with Gasteiger partial charge in [-0.3, -0.25) is 9.59 Å². The Morgan fingerprint density at radius 3 is 2.76 bits per heavy atom. The van der Waals surface area contributed by atoms with E-state index in [9.17, 15) is 19.5 Å². The van der Waals surface area contributed by atoms with E-state index in [4.69, 9.17) is 9.47 Å². The van der Waals surface area contributed by atoms with Crippen LogP contribution in [0.25, 0.3) is 0 Å². The lowest BCUT2D eigenvalue weighted by Gasteiger charge is -2.37. The van der Waals surface area contributed by atoms with E-state index in [0.29, 0.717) is 39.1 Å². The van der Waals surface area contributed by atoms with E-state index < -0.39 is 29.5 Å². The molecule has 4 aliphatic heterocycles. The fourth-order valence-electron chi connectivity index (χ4n) is 4.69. The molecule has 4 heterocycles. The van der Waals surface area contributed by atoms with Gasteiger partial charge < -0.3 is 24.4 Å². The Hall–Kier alpha value is -2.09. The number of carbonyl (C=O) groups excluding carboxylic acids is 2. The van der Waals surface area contributed by atoms with Crippen molar-refractivity contribution in [2.24, 2.45) is 11.8 Å². The normalized spacial score (nSPS) is 36.8. The van der Waals surface area contributed by atoms with Crippen molar-refractivity contribution in [2.75, 3.05) is 26.2 Å². The van der Waals surface area contributed by atoms with Gasteiger partial charge in [-0.25, -0.2) is 4.79 Å². The van der Waals surface area contributed by atoms with Gasteiger partial charge in [0, 0.05) is 19.1 Å². The number of carbonyl (C=O) groups is 3. The van der Waals surface area contributed by atoms with Gasteiger partial charge in [0.25, 0.3) is 0 Å². The SMILES string of the molecule is CCOC(=O)N1CCC(N2C[C@@]34C=C[C@@H](O3)[C@@H](C(=O)O)[C@H]4C2=O)CC1. The molecule has 4 rings (SSSR count). The molecule has 8 heteroatoms. The number of aliphatic carboxylic acids is 1. The van der Waals surface area contributed by atoms with Gasteiger partial charge in [0.2, 0.25) is 5.91 Å². The third-order valence-electron chi connectivity index (χ3n) is 5.85. The fourth-order valence-corrected chi connectivity index (χ4v) is 4.69. The van der Waals surface area contributed by atoms with Gasteiger partial charge in [-0.2, -0.15) is 0 Å². The number of hydrogen-bond donors (Lipinski definition) is 1. The number of likely N-dealkylation sites (tertiary alicyclic amines) is 2. The molecule has 0 unspecified atom stereocenters. The summed E-state index contributed by atoms with van der Waals surface area (Å²) in [6, 6.07) is 0.00338. The number of ether oxygens (including phenoxy) is 2. The molecule has 25 heavy (non-hydrogen) atoms. The number of piperidine rings is 1. The van der Waals surface area contributed by atoms with Crippen LogP contribution in [0.15, 0.2) is 12.2 Å². The molecule has 4 aliphatic rings. The average Bonchev–Trinajstić information content (AvgIpc) is 3.23. The van der Waals surface area contributed by atoms with Gasteiger partial charge in [0.05, 0.1) is 25.2 Å². The Morgan fingerprint density at radius 2 is 2.12 bits per heavy atom. The monoisotopic (exact) mass is 350 g/mol. The second-order valence-electron chi connectivity index (χ2n) is 7.12. The first-order chi connectivity index (χ1) is 12.0. The Kier molecular flexibility index (Phi) is 3.75. The number of hydrogen-bond acceptors (Lipinski definition) is 5. The zero-order valence-corrected chi connectivity index (χ0v) is 14.1. The molecule has 2 amide bonds. The molecule has 0 radical (unpaired) electrons. The Bertz CT molecular complexity index is 641. The van der Waals surface area contributed by atoms with Crippen LogP contribution in [0.4, 0.5) is 4.79 Å². The molecular weight excluding hydrogens is 328 g/mol. The van der Waals surface area contributed by atoms with Gasteiger partial charge in [0.15, 0.2) is 0 Å². The van der Waals surface area contributed by atoms with Crippen LogP contribution < -0.4 is 0 Å². The van der Waals surface area contributed by atoms with Crippen molar-refractivity contribution in [3.05, 3.63) is 12.2 Å². The Morgan fingerprint density at radius 1 is 1.40 bits per heavy atom. The molecule has 0 saturated carbocycles. The second-order valence-corrected chi connectivity index (χ2v) is 7.12. The summed E-state index contributed by atoms with van der Waals surface area (Å²) in [5, 5.41) is 9.50. The minimum Gasteiger partial charge on any atom is -0.481 e. The average molecular weight is 350 g/mol. The Balaban J connectivity index is 1.46. The molecule has 0 aromatic carbocycles. The second kappa shape index (κ2) is 5.72. The van der Waals surface area contributed by atoms with Gasteiger partial charge in [-0.1, -0.05) is 12.2 Å². The van der Waals surface area contributed by atoms with Crippen molar-refractivity contribution in [1.29, 1.82) is 0 Å². The molecule has 8 nitrogen and oxygen atoms in total. The van der Waals surface area contributed by atoms with Crippen molar-refractivity contribution < 1.29 is 29.0 Å². The largest absolute Gasteiger partial charge is 0.481 e. The summed E-state index contributed by atoms with van der Waals surface area (Å²) in [7, 11) is 0. The predicted octanol–water partition coefficient (Wildman–Crippen LogP) is 0.474. The fraction of sp³-hybridized carbons (Fsp3) is 0.706. The molecule has 3 fully saturated rings. The quantitative estimate of drug-likeness (QED) is 0.744. The lowest BCUT2D eigenvalue weighted by molar-refractivity contribution is -0.148. The van der Waals surface area contributed by atoms with Crippen molar-refractivity contribution in [3.63, 3.8) is 0 Å². The summed E-state index contributed by atoms with van der Waals surface area (Å²) >= 11 is 0. The summed E-state index contributed by atoms with van der Waals surface area (Å²) in [6.07, 6.45) is 4.15. The third kappa shape index (κ3) is 2.34. The van der Waals surface area contributed by atoms with Gasteiger partial charge in [-0.15, -0.1) is 0 Å². The Labute approximate surface area is 145 Å². The van der Waals surface area contributed by atoms with E-state index in [1.807, 2.05) is 6.08 Å². The maximum absolute atomic E-state index is 12.9. The number of amides is 2. The highest BCUT2D eigenvalue weighted by atomic mass is 16.6. The molecule has 136 valence electrons. The highest BCUT2D eigenvalue weighted by molar-refractivity contribution is 5.91. The minimum atomic E-state index is -0.978. The summed E-state index contributed by atoms with van der Waals surface area (Å²) < 4.78 is 10.9. The molecular formula is C17H22N2O6. The topological polar surface area (TPSA) is 96.4 Å². The van der Waals surface area contributed by atoms with E-state index in [1.54, 1.807) is 22.8 Å². The number of carboxylic acids is 1. The summed E-state index contributed by atoms with van der Waals surface area (Å²) in [6.45, 7) is 3.58. The first-order valence-electron chi connectivity index (χ1n) is 8.79. The molecule has 0 aliphatic carbocycles. The summed E-state index contributed by atoms with van der Waals surface area (Å²) in [5.74, 6) is -2.55. The molecule has 3 saturated heterocycles. The number of nitrogens with zero attached hydrogens (tertiary/aromatic N) is 2. The van der Waals surface area contributed by atoms with Crippen LogP contribution in [0, 0.1) is 11.8 Å². The first kappa shape index (κ1) is 16.4. The smallest absolute Gasteiger partial charge is 0.409 e. The lowest BCUT2D eigenvalue weighted by atomic mass is 9.77. The number of carboxylic acid groups (broad SMARTS) is 1. The van der Waals surface area contributed by atoms with Crippen molar-refractivity contribution in [1.82, 2.24) is 9.80 Å². The predicted molar refractivity (Wildman–Crippen MR) is 84.7 cm³/mol. The third-order valence-corrected chi connectivity index (χ3v) is 5.85. The first-order valence-corrected chi connectivity index (χ1v) is 8.79. The van der Waals surface area contributed by atoms with E-state index in [0.717, 1.165) is 0 Å². The van der Waals surface area contributed by atoms with Crippen LogP contribution in [0.1, 0.15) is 19.8 Å². The van der Waals surface area contributed by atoms with Crippen LogP contribution in [-0.4, -0.2) is 76.9 Å². The molecule has 0 aromatic rings. The maximum Gasteiger partial charge on any atom is 0.409 e. The van der Waals surface area contributed by atoms with E-state index in [1.165, 1.54) is 0 Å². The molecule has 1 spiro atoms. The van der Waals surface area contributed by atoms with E-state index >= 15 is 0 Å².